The Morgan fingerprint density at radius 3 is 1.81 bits per heavy atom. The summed E-state index contributed by atoms with van der Waals surface area (Å²) in [6.07, 6.45) is 0. The third-order valence-electron chi connectivity index (χ3n) is 6.73. The molecule has 0 saturated carbocycles. The molecule has 0 saturated heterocycles. The molecule has 1 heteroatoms. The molecule has 4 aromatic rings. The molecule has 1 heterocycles. The minimum absolute atomic E-state index is 0.226. The summed E-state index contributed by atoms with van der Waals surface area (Å²) in [4.78, 5) is 0. The predicted octanol–water partition coefficient (Wildman–Crippen LogP) is 5.93. The summed E-state index contributed by atoms with van der Waals surface area (Å²) in [5.74, 6) is 0.321. The zero-order valence-corrected chi connectivity index (χ0v) is 14.7. The van der Waals surface area contributed by atoms with Crippen molar-refractivity contribution in [3.05, 3.63) is 130 Å². The van der Waals surface area contributed by atoms with Crippen molar-refractivity contribution in [2.45, 2.75) is 11.3 Å². The van der Waals surface area contributed by atoms with Crippen LogP contribution in [0.3, 0.4) is 0 Å². The molecule has 0 aromatic heterocycles. The van der Waals surface area contributed by atoms with Gasteiger partial charge in [0.1, 0.15) is 0 Å². The maximum absolute atomic E-state index is 3.72. The van der Waals surface area contributed by atoms with Crippen LogP contribution in [0, 0.1) is 0 Å². The van der Waals surface area contributed by atoms with Gasteiger partial charge >= 0.3 is 0 Å². The summed E-state index contributed by atoms with van der Waals surface area (Å²) in [6.45, 7) is 0. The molecule has 1 spiro atoms. The summed E-state index contributed by atoms with van der Waals surface area (Å²) in [6, 6.07) is 33.7. The Hall–Kier alpha value is -3.32. The Bertz CT molecular complexity index is 1200. The Morgan fingerprint density at radius 1 is 0.519 bits per heavy atom. The van der Waals surface area contributed by atoms with Crippen molar-refractivity contribution in [3.8, 4) is 0 Å². The van der Waals surface area contributed by atoms with Crippen LogP contribution in [0.25, 0.3) is 0 Å². The van der Waals surface area contributed by atoms with E-state index >= 15 is 0 Å². The molecule has 0 unspecified atom stereocenters. The van der Waals surface area contributed by atoms with E-state index in [0.29, 0.717) is 5.92 Å². The number of hydrogen-bond acceptors (Lipinski definition) is 1. The van der Waals surface area contributed by atoms with Crippen LogP contribution in [0.2, 0.25) is 0 Å². The third-order valence-corrected chi connectivity index (χ3v) is 6.73. The van der Waals surface area contributed by atoms with Crippen LogP contribution in [0.15, 0.2) is 91.0 Å². The van der Waals surface area contributed by atoms with Crippen molar-refractivity contribution in [1.82, 2.24) is 0 Å². The average molecular weight is 343 g/mol. The van der Waals surface area contributed by atoms with Crippen molar-refractivity contribution in [2.24, 2.45) is 0 Å². The van der Waals surface area contributed by atoms with Gasteiger partial charge in [-0.3, -0.25) is 0 Å². The lowest BCUT2D eigenvalue weighted by molar-refractivity contribution is 0.627. The van der Waals surface area contributed by atoms with Crippen LogP contribution in [-0.4, -0.2) is 0 Å². The maximum Gasteiger partial charge on any atom is 0.0751 e. The molecule has 126 valence electrons. The molecule has 0 atom stereocenters. The van der Waals surface area contributed by atoms with Gasteiger partial charge in [0.25, 0.3) is 0 Å². The third kappa shape index (κ3) is 1.39. The quantitative estimate of drug-likeness (QED) is 0.360. The number of fused-ring (bicyclic) bond motifs is 1. The normalized spacial score (nSPS) is 22.1. The number of hydrogen-bond donors (Lipinski definition) is 1. The van der Waals surface area contributed by atoms with Gasteiger partial charge in [-0.05, 0) is 51.1 Å². The largest absolute Gasteiger partial charge is 0.355 e. The van der Waals surface area contributed by atoms with E-state index in [2.05, 4.69) is 96.3 Å². The standard InChI is InChI=1S/C26H17N/c1-3-11-19-16(8-1)24-17-9-2-4-12-20(17)26(19)21-13-5-6-14-22(21)27-23-15-7-10-18(24)25(23)26/h1-15,24,27H. The highest BCUT2D eigenvalue weighted by atomic mass is 14.9. The number of rotatable bonds is 0. The first-order chi connectivity index (χ1) is 13.4. The van der Waals surface area contributed by atoms with Crippen LogP contribution >= 0.6 is 0 Å². The number of benzene rings is 4. The summed E-state index contributed by atoms with van der Waals surface area (Å²) < 4.78 is 0. The van der Waals surface area contributed by atoms with E-state index in [-0.39, 0.29) is 5.41 Å². The monoisotopic (exact) mass is 343 g/mol. The first-order valence-corrected chi connectivity index (χ1v) is 9.59. The summed E-state index contributed by atoms with van der Waals surface area (Å²) in [5.41, 5.74) is 12.3. The van der Waals surface area contributed by atoms with Crippen molar-refractivity contribution in [2.75, 3.05) is 5.32 Å². The molecule has 1 nitrogen and oxygen atoms in total. The van der Waals surface area contributed by atoms with Gasteiger partial charge in [-0.2, -0.15) is 0 Å². The second kappa shape index (κ2) is 4.50. The number of nitrogens with one attached hydrogen (secondary N) is 1. The van der Waals surface area contributed by atoms with E-state index in [4.69, 9.17) is 0 Å². The fourth-order valence-electron chi connectivity index (χ4n) is 5.92. The lowest BCUT2D eigenvalue weighted by atomic mass is 9.49. The highest BCUT2D eigenvalue weighted by molar-refractivity contribution is 5.88. The lowest BCUT2D eigenvalue weighted by Crippen LogP contribution is -2.45. The molecule has 1 N–H and O–H groups in total. The Kier molecular flexibility index (Phi) is 2.30. The van der Waals surface area contributed by atoms with Crippen LogP contribution in [0.5, 0.6) is 0 Å². The van der Waals surface area contributed by atoms with Gasteiger partial charge < -0.3 is 5.32 Å². The topological polar surface area (TPSA) is 12.0 Å². The summed E-state index contributed by atoms with van der Waals surface area (Å²) in [5, 5.41) is 3.72. The second-order valence-electron chi connectivity index (χ2n) is 7.80. The first-order valence-electron chi connectivity index (χ1n) is 9.59. The van der Waals surface area contributed by atoms with Gasteiger partial charge in [0.05, 0.1) is 5.41 Å². The highest BCUT2D eigenvalue weighted by Gasteiger charge is 2.55. The van der Waals surface area contributed by atoms with Gasteiger partial charge in [-0.1, -0.05) is 78.9 Å². The highest BCUT2D eigenvalue weighted by Crippen LogP contribution is 2.65. The van der Waals surface area contributed by atoms with E-state index in [1.54, 1.807) is 0 Å². The Labute approximate surface area is 158 Å². The molecule has 3 aliphatic carbocycles. The smallest absolute Gasteiger partial charge is 0.0751 e. The summed E-state index contributed by atoms with van der Waals surface area (Å²) >= 11 is 0. The minimum atomic E-state index is -0.226. The van der Waals surface area contributed by atoms with Gasteiger partial charge in [-0.25, -0.2) is 0 Å². The Morgan fingerprint density at radius 2 is 1.07 bits per heavy atom. The second-order valence-corrected chi connectivity index (χ2v) is 7.80. The van der Waals surface area contributed by atoms with Crippen LogP contribution in [0.4, 0.5) is 11.4 Å². The van der Waals surface area contributed by atoms with Crippen molar-refractivity contribution < 1.29 is 0 Å². The fraction of sp³-hybridized carbons (Fsp3) is 0.0769. The SMILES string of the molecule is c1ccc2c(c1)Nc1cccc3c1C21c2ccccc2C3c2ccccc21. The first kappa shape index (κ1) is 13.8. The molecule has 2 bridgehead atoms. The molecule has 0 fully saturated rings. The predicted molar refractivity (Wildman–Crippen MR) is 109 cm³/mol. The van der Waals surface area contributed by atoms with Crippen LogP contribution in [0.1, 0.15) is 44.9 Å². The van der Waals surface area contributed by atoms with Crippen LogP contribution < -0.4 is 5.32 Å². The molecule has 1 aliphatic heterocycles. The van der Waals surface area contributed by atoms with Gasteiger partial charge in [0.15, 0.2) is 0 Å². The summed E-state index contributed by atoms with van der Waals surface area (Å²) in [7, 11) is 0. The fourth-order valence-corrected chi connectivity index (χ4v) is 5.92. The van der Waals surface area contributed by atoms with E-state index in [1.807, 2.05) is 0 Å². The van der Waals surface area contributed by atoms with E-state index in [9.17, 15) is 0 Å². The maximum atomic E-state index is 3.72. The zero-order valence-electron chi connectivity index (χ0n) is 14.7. The van der Waals surface area contributed by atoms with Crippen molar-refractivity contribution in [1.29, 1.82) is 0 Å². The van der Waals surface area contributed by atoms with Gasteiger partial charge in [-0.15, -0.1) is 0 Å². The molecular formula is C26H17N. The van der Waals surface area contributed by atoms with E-state index in [0.717, 1.165) is 0 Å². The van der Waals surface area contributed by atoms with E-state index in [1.165, 1.54) is 50.3 Å². The molecule has 0 amide bonds. The molecule has 0 radical (unpaired) electrons. The molecular weight excluding hydrogens is 326 g/mol. The molecule has 27 heavy (non-hydrogen) atoms. The minimum Gasteiger partial charge on any atom is -0.355 e. The molecule has 4 aliphatic rings. The Balaban J connectivity index is 1.79. The average Bonchev–Trinajstić information content (AvgIpc) is 2.74. The number of para-hydroxylation sites is 1. The lowest BCUT2D eigenvalue weighted by Gasteiger charge is -2.53. The zero-order chi connectivity index (χ0) is 17.6. The molecule has 8 rings (SSSR count). The number of anilines is 2. The van der Waals surface area contributed by atoms with Crippen LogP contribution in [-0.2, 0) is 5.41 Å². The van der Waals surface area contributed by atoms with E-state index < -0.39 is 0 Å². The van der Waals surface area contributed by atoms with Crippen molar-refractivity contribution >= 4 is 11.4 Å². The molecule has 4 aromatic carbocycles. The van der Waals surface area contributed by atoms with Crippen molar-refractivity contribution in [3.63, 3.8) is 0 Å². The van der Waals surface area contributed by atoms with Gasteiger partial charge in [0.2, 0.25) is 0 Å². The van der Waals surface area contributed by atoms with Gasteiger partial charge in [0, 0.05) is 17.3 Å².